The van der Waals surface area contributed by atoms with Crippen LogP contribution in [0, 0.1) is 5.82 Å². The molecule has 1 saturated heterocycles. The molecule has 1 aromatic carbocycles. The minimum absolute atomic E-state index is 0.0619. The van der Waals surface area contributed by atoms with Crippen LogP contribution in [0.3, 0.4) is 0 Å². The molecule has 0 aliphatic carbocycles. The first kappa shape index (κ1) is 18.8. The zero-order valence-electron chi connectivity index (χ0n) is 15.0. The molecular formula is C18H21BrFN3O3. The van der Waals surface area contributed by atoms with Crippen LogP contribution in [0.4, 0.5) is 9.18 Å². The lowest BCUT2D eigenvalue weighted by Crippen LogP contribution is -2.43. The van der Waals surface area contributed by atoms with Crippen LogP contribution in [-0.4, -0.2) is 39.2 Å². The molecule has 0 radical (unpaired) electrons. The zero-order chi connectivity index (χ0) is 19.1. The number of rotatable bonds is 1. The van der Waals surface area contributed by atoms with E-state index < -0.39 is 11.4 Å². The van der Waals surface area contributed by atoms with Crippen molar-refractivity contribution in [2.75, 3.05) is 13.1 Å². The van der Waals surface area contributed by atoms with Crippen LogP contribution in [0.25, 0.3) is 10.9 Å². The van der Waals surface area contributed by atoms with Gasteiger partial charge in [0.2, 0.25) is 0 Å². The third-order valence-electron chi connectivity index (χ3n) is 4.35. The molecule has 1 aromatic heterocycles. The van der Waals surface area contributed by atoms with E-state index in [0.717, 1.165) is 0 Å². The molecule has 0 unspecified atom stereocenters. The Hall–Kier alpha value is -1.96. The standard InChI is InChI=1S/C18H21BrFN3O3/c1-18(2,3)26-17(25)22-8-6-11(7-9-22)23-10-21-15-12(16(23)24)4-5-13(19)14(15)20/h4-5,10-11H,6-9H2,1-3H3. The Balaban J connectivity index is 1.78. The lowest BCUT2D eigenvalue weighted by molar-refractivity contribution is 0.0187. The third kappa shape index (κ3) is 3.75. The SMILES string of the molecule is CC(C)(C)OC(=O)N1CCC(n2cnc3c(F)c(Br)ccc3c2=O)CC1. The molecule has 1 fully saturated rings. The van der Waals surface area contributed by atoms with Crippen LogP contribution < -0.4 is 5.56 Å². The third-order valence-corrected chi connectivity index (χ3v) is 4.97. The number of nitrogens with zero attached hydrogens (tertiary/aromatic N) is 3. The summed E-state index contributed by atoms with van der Waals surface area (Å²) in [6, 6.07) is 3.00. The molecule has 2 heterocycles. The molecule has 1 aliphatic heterocycles. The van der Waals surface area contributed by atoms with Crippen LogP contribution in [0.5, 0.6) is 0 Å². The van der Waals surface area contributed by atoms with Gasteiger partial charge in [0, 0.05) is 19.1 Å². The molecule has 0 N–H and O–H groups in total. The number of amides is 1. The highest BCUT2D eigenvalue weighted by molar-refractivity contribution is 9.10. The number of aromatic nitrogens is 2. The van der Waals surface area contributed by atoms with Crippen LogP contribution in [0.2, 0.25) is 0 Å². The van der Waals surface area contributed by atoms with Crippen LogP contribution in [0.15, 0.2) is 27.7 Å². The summed E-state index contributed by atoms with van der Waals surface area (Å²) >= 11 is 3.10. The normalized spacial score (nSPS) is 16.1. The summed E-state index contributed by atoms with van der Waals surface area (Å²) < 4.78 is 21.3. The Bertz CT molecular complexity index is 899. The van der Waals surface area contributed by atoms with E-state index in [2.05, 4.69) is 20.9 Å². The average Bonchev–Trinajstić information content (AvgIpc) is 2.57. The molecule has 26 heavy (non-hydrogen) atoms. The van der Waals surface area contributed by atoms with E-state index in [0.29, 0.717) is 25.9 Å². The molecule has 140 valence electrons. The largest absolute Gasteiger partial charge is 0.444 e. The molecule has 8 heteroatoms. The molecule has 1 aliphatic rings. The van der Waals surface area contributed by atoms with Gasteiger partial charge in [-0.1, -0.05) is 0 Å². The summed E-state index contributed by atoms with van der Waals surface area (Å²) in [5, 5.41) is 0.253. The van der Waals surface area contributed by atoms with Gasteiger partial charge in [-0.15, -0.1) is 0 Å². The van der Waals surface area contributed by atoms with E-state index in [4.69, 9.17) is 4.74 Å². The predicted molar refractivity (Wildman–Crippen MR) is 99.7 cm³/mol. The number of carbonyl (C=O) groups is 1. The topological polar surface area (TPSA) is 64.4 Å². The maximum atomic E-state index is 14.1. The summed E-state index contributed by atoms with van der Waals surface area (Å²) in [6.07, 6.45) is 2.29. The lowest BCUT2D eigenvalue weighted by Gasteiger charge is -2.34. The van der Waals surface area contributed by atoms with Crippen molar-refractivity contribution in [3.05, 3.63) is 39.1 Å². The number of benzene rings is 1. The molecule has 3 rings (SSSR count). The first-order valence-corrected chi connectivity index (χ1v) is 9.29. The van der Waals surface area contributed by atoms with Gasteiger partial charge in [-0.3, -0.25) is 9.36 Å². The fourth-order valence-electron chi connectivity index (χ4n) is 3.06. The van der Waals surface area contributed by atoms with E-state index in [1.165, 1.54) is 12.4 Å². The van der Waals surface area contributed by atoms with Crippen LogP contribution in [0.1, 0.15) is 39.7 Å². The van der Waals surface area contributed by atoms with Gasteiger partial charge in [-0.05, 0) is 61.7 Å². The number of fused-ring (bicyclic) bond motifs is 1. The Morgan fingerprint density at radius 1 is 1.31 bits per heavy atom. The molecular weight excluding hydrogens is 405 g/mol. The van der Waals surface area contributed by atoms with Gasteiger partial charge in [-0.2, -0.15) is 0 Å². The summed E-state index contributed by atoms with van der Waals surface area (Å²) in [6.45, 7) is 6.48. The van der Waals surface area contributed by atoms with E-state index in [9.17, 15) is 14.0 Å². The Morgan fingerprint density at radius 2 is 1.96 bits per heavy atom. The van der Waals surface area contributed by atoms with Gasteiger partial charge >= 0.3 is 6.09 Å². The number of hydrogen-bond donors (Lipinski definition) is 0. The van der Waals surface area contributed by atoms with E-state index >= 15 is 0 Å². The minimum Gasteiger partial charge on any atom is -0.444 e. The Kier molecular flexibility index (Phi) is 5.05. The summed E-state index contributed by atoms with van der Waals surface area (Å²) in [4.78, 5) is 30.7. The second kappa shape index (κ2) is 6.98. The van der Waals surface area contributed by atoms with Gasteiger partial charge in [0.05, 0.1) is 16.2 Å². The molecule has 0 saturated carbocycles. The van der Waals surface area contributed by atoms with Gasteiger partial charge in [0.15, 0.2) is 5.82 Å². The first-order chi connectivity index (χ1) is 12.2. The molecule has 0 bridgehead atoms. The summed E-state index contributed by atoms with van der Waals surface area (Å²) in [5.41, 5.74) is -0.741. The molecule has 0 atom stereocenters. The zero-order valence-corrected chi connectivity index (χ0v) is 16.5. The van der Waals surface area contributed by atoms with Gasteiger partial charge in [0.25, 0.3) is 5.56 Å². The smallest absolute Gasteiger partial charge is 0.410 e. The quantitative estimate of drug-likeness (QED) is 0.695. The minimum atomic E-state index is -0.536. The van der Waals surface area contributed by atoms with Gasteiger partial charge in [-0.25, -0.2) is 14.2 Å². The average molecular weight is 426 g/mol. The number of hydrogen-bond acceptors (Lipinski definition) is 4. The van der Waals surface area contributed by atoms with Crippen molar-refractivity contribution in [3.63, 3.8) is 0 Å². The number of likely N-dealkylation sites (tertiary alicyclic amines) is 1. The lowest BCUT2D eigenvalue weighted by atomic mass is 10.0. The van der Waals surface area contributed by atoms with Crippen molar-refractivity contribution in [1.29, 1.82) is 0 Å². The monoisotopic (exact) mass is 425 g/mol. The van der Waals surface area contributed by atoms with Crippen molar-refractivity contribution in [2.24, 2.45) is 0 Å². The second-order valence-corrected chi connectivity index (χ2v) is 8.27. The highest BCUT2D eigenvalue weighted by atomic mass is 79.9. The first-order valence-electron chi connectivity index (χ1n) is 8.50. The maximum Gasteiger partial charge on any atom is 0.410 e. The highest BCUT2D eigenvalue weighted by Gasteiger charge is 2.28. The van der Waals surface area contributed by atoms with E-state index in [-0.39, 0.29) is 33.1 Å². The summed E-state index contributed by atoms with van der Waals surface area (Å²) in [7, 11) is 0. The Labute approximate surface area is 159 Å². The number of ether oxygens (including phenoxy) is 1. The summed E-state index contributed by atoms with van der Waals surface area (Å²) in [5.74, 6) is -0.536. The van der Waals surface area contributed by atoms with Gasteiger partial charge < -0.3 is 9.64 Å². The van der Waals surface area contributed by atoms with Crippen molar-refractivity contribution < 1.29 is 13.9 Å². The van der Waals surface area contributed by atoms with Crippen molar-refractivity contribution in [2.45, 2.75) is 45.3 Å². The fourth-order valence-corrected chi connectivity index (χ4v) is 3.38. The molecule has 6 nitrogen and oxygen atoms in total. The Morgan fingerprint density at radius 3 is 2.58 bits per heavy atom. The maximum absolute atomic E-state index is 14.1. The van der Waals surface area contributed by atoms with Crippen molar-refractivity contribution in [1.82, 2.24) is 14.5 Å². The highest BCUT2D eigenvalue weighted by Crippen LogP contribution is 2.25. The van der Waals surface area contributed by atoms with E-state index in [1.54, 1.807) is 15.5 Å². The molecule has 2 aromatic rings. The van der Waals surface area contributed by atoms with Crippen molar-refractivity contribution >= 4 is 32.9 Å². The second-order valence-electron chi connectivity index (χ2n) is 7.41. The predicted octanol–water partition coefficient (Wildman–Crippen LogP) is 3.87. The molecule has 0 spiro atoms. The van der Waals surface area contributed by atoms with Gasteiger partial charge in [0.1, 0.15) is 11.1 Å². The van der Waals surface area contributed by atoms with E-state index in [1.807, 2.05) is 20.8 Å². The number of halogens is 2. The number of piperidine rings is 1. The van der Waals surface area contributed by atoms with Crippen LogP contribution in [-0.2, 0) is 4.74 Å². The fraction of sp³-hybridized carbons (Fsp3) is 0.500. The van der Waals surface area contributed by atoms with Crippen LogP contribution >= 0.6 is 15.9 Å². The molecule has 1 amide bonds. The number of carbonyl (C=O) groups excluding carboxylic acids is 1. The van der Waals surface area contributed by atoms with Crippen molar-refractivity contribution in [3.8, 4) is 0 Å².